The lowest BCUT2D eigenvalue weighted by Gasteiger charge is -2.13. The highest BCUT2D eigenvalue weighted by atomic mass is 15.4. The highest BCUT2D eigenvalue weighted by molar-refractivity contribution is 5.93. The van der Waals surface area contributed by atoms with E-state index in [1.54, 1.807) is 11.2 Å². The Morgan fingerprint density at radius 2 is 1.88 bits per heavy atom. The van der Waals surface area contributed by atoms with Crippen molar-refractivity contribution in [3.05, 3.63) is 54.2 Å². The summed E-state index contributed by atoms with van der Waals surface area (Å²) in [6.45, 7) is 2.71. The quantitative estimate of drug-likeness (QED) is 0.625. The van der Waals surface area contributed by atoms with Crippen molar-refractivity contribution in [2.75, 3.05) is 6.54 Å². The molecule has 0 aliphatic carbocycles. The van der Waals surface area contributed by atoms with Crippen molar-refractivity contribution >= 4 is 16.5 Å². The summed E-state index contributed by atoms with van der Waals surface area (Å²) in [5.74, 6) is 5.73. The van der Waals surface area contributed by atoms with Crippen LogP contribution in [0.3, 0.4) is 0 Å². The summed E-state index contributed by atoms with van der Waals surface area (Å²) >= 11 is 0. The van der Waals surface area contributed by atoms with Gasteiger partial charge in [-0.3, -0.25) is 0 Å². The van der Waals surface area contributed by atoms with E-state index in [4.69, 9.17) is 11.6 Å². The maximum absolute atomic E-state index is 6.08. The van der Waals surface area contributed by atoms with Crippen LogP contribution in [0.1, 0.15) is 12.5 Å². The van der Waals surface area contributed by atoms with Gasteiger partial charge in [-0.25, -0.2) is 5.84 Å². The number of hydrazine groups is 1. The number of rotatable bonds is 3. The molecule has 4 N–H and O–H groups in total. The van der Waals surface area contributed by atoms with Gasteiger partial charge < -0.3 is 10.7 Å². The second-order valence-electron chi connectivity index (χ2n) is 3.94. The molecule has 2 aromatic carbocycles. The predicted molar refractivity (Wildman–Crippen MR) is 72.7 cm³/mol. The fourth-order valence-corrected chi connectivity index (χ4v) is 1.82. The van der Waals surface area contributed by atoms with Crippen LogP contribution < -0.4 is 11.6 Å². The molecule has 0 aromatic heterocycles. The Bertz CT molecular complexity index is 541. The number of hydrogen-bond donors (Lipinski definition) is 2. The first-order chi connectivity index (χ1) is 8.22. The van der Waals surface area contributed by atoms with Crippen LogP contribution in [0.5, 0.6) is 0 Å². The highest BCUT2D eigenvalue weighted by Gasteiger charge is 2.03. The van der Waals surface area contributed by atoms with E-state index < -0.39 is 0 Å². The van der Waals surface area contributed by atoms with Gasteiger partial charge in [-0.15, -0.1) is 0 Å². The van der Waals surface area contributed by atoms with Crippen LogP contribution in [-0.2, 0) is 0 Å². The third kappa shape index (κ3) is 2.40. The number of nitrogens with two attached hydrogens (primary N) is 2. The second kappa shape index (κ2) is 4.89. The molecule has 3 heteroatoms. The molecule has 0 spiro atoms. The lowest BCUT2D eigenvalue weighted by molar-refractivity contribution is 0.418. The maximum Gasteiger partial charge on any atom is 0.0570 e. The summed E-state index contributed by atoms with van der Waals surface area (Å²) in [5.41, 5.74) is 7.78. The fraction of sp³-hybridized carbons (Fsp3) is 0.143. The average Bonchev–Trinajstić information content (AvgIpc) is 2.37. The molecule has 2 rings (SSSR count). The Balaban J connectivity index is 2.52. The second-order valence-corrected chi connectivity index (χ2v) is 3.94. The Morgan fingerprint density at radius 1 is 1.18 bits per heavy atom. The molecule has 0 heterocycles. The third-order valence-corrected chi connectivity index (χ3v) is 2.77. The summed E-state index contributed by atoms with van der Waals surface area (Å²) in [6, 6.07) is 14.3. The van der Waals surface area contributed by atoms with Crippen LogP contribution in [0.15, 0.2) is 48.7 Å². The first-order valence-electron chi connectivity index (χ1n) is 5.69. The van der Waals surface area contributed by atoms with E-state index in [-0.39, 0.29) is 0 Å². The Hall–Kier alpha value is -2.00. The molecular formula is C14H17N3. The number of fused-ring (bicyclic) bond motifs is 1. The number of hydrogen-bond acceptors (Lipinski definition) is 3. The van der Waals surface area contributed by atoms with Crippen LogP contribution in [-0.4, -0.2) is 11.6 Å². The molecule has 0 bridgehead atoms. The largest absolute Gasteiger partial charge is 0.397 e. The van der Waals surface area contributed by atoms with E-state index in [2.05, 4.69) is 18.2 Å². The smallest absolute Gasteiger partial charge is 0.0570 e. The van der Waals surface area contributed by atoms with Gasteiger partial charge in [0, 0.05) is 18.3 Å². The van der Waals surface area contributed by atoms with Crippen molar-refractivity contribution in [1.29, 1.82) is 0 Å². The van der Waals surface area contributed by atoms with Crippen molar-refractivity contribution in [3.63, 3.8) is 0 Å². The average molecular weight is 227 g/mol. The van der Waals surface area contributed by atoms with Crippen LogP contribution in [0.4, 0.5) is 0 Å². The summed E-state index contributed by atoms with van der Waals surface area (Å²) < 4.78 is 0. The molecule has 0 aliphatic rings. The zero-order valence-corrected chi connectivity index (χ0v) is 9.93. The highest BCUT2D eigenvalue weighted by Crippen LogP contribution is 2.22. The monoisotopic (exact) mass is 227 g/mol. The fourth-order valence-electron chi connectivity index (χ4n) is 1.82. The molecule has 0 fully saturated rings. The summed E-state index contributed by atoms with van der Waals surface area (Å²) in [5, 5.41) is 3.91. The van der Waals surface area contributed by atoms with E-state index in [0.717, 1.165) is 17.5 Å². The van der Waals surface area contributed by atoms with Gasteiger partial charge in [-0.1, -0.05) is 42.5 Å². The molecule has 0 atom stereocenters. The molecule has 0 saturated heterocycles. The van der Waals surface area contributed by atoms with Crippen LogP contribution in [0.25, 0.3) is 16.5 Å². The minimum absolute atomic E-state index is 0.686. The standard InChI is InChI=1S/C14H17N3/c1-2-17(16)10-14(15)13-9-5-7-11-6-3-4-8-12(11)13/h3-10H,2,15-16H2,1H3/b14-10-. The van der Waals surface area contributed by atoms with Crippen molar-refractivity contribution in [1.82, 2.24) is 5.01 Å². The third-order valence-electron chi connectivity index (χ3n) is 2.77. The SMILES string of the molecule is CCN(N)/C=C(\N)c1cccc2ccccc12. The molecule has 0 saturated carbocycles. The van der Waals surface area contributed by atoms with Crippen molar-refractivity contribution in [2.24, 2.45) is 11.6 Å². The topological polar surface area (TPSA) is 55.3 Å². The zero-order valence-electron chi connectivity index (χ0n) is 9.93. The summed E-state index contributed by atoms with van der Waals surface area (Å²) in [4.78, 5) is 0. The van der Waals surface area contributed by atoms with E-state index >= 15 is 0 Å². The van der Waals surface area contributed by atoms with E-state index in [0.29, 0.717) is 5.70 Å². The van der Waals surface area contributed by atoms with E-state index in [1.807, 2.05) is 31.2 Å². The van der Waals surface area contributed by atoms with Crippen LogP contribution in [0, 0.1) is 0 Å². The maximum atomic E-state index is 6.08. The molecule has 88 valence electrons. The molecule has 0 radical (unpaired) electrons. The molecule has 0 aliphatic heterocycles. The first kappa shape index (κ1) is 11.5. The van der Waals surface area contributed by atoms with Gasteiger partial charge in [-0.2, -0.15) is 0 Å². The minimum atomic E-state index is 0.686. The molecule has 0 unspecified atom stereocenters. The lowest BCUT2D eigenvalue weighted by Crippen LogP contribution is -2.25. The van der Waals surface area contributed by atoms with Crippen LogP contribution >= 0.6 is 0 Å². The van der Waals surface area contributed by atoms with Crippen molar-refractivity contribution < 1.29 is 0 Å². The Labute approximate surface area is 101 Å². The zero-order chi connectivity index (χ0) is 12.3. The molecular weight excluding hydrogens is 210 g/mol. The van der Waals surface area contributed by atoms with Crippen LogP contribution in [0.2, 0.25) is 0 Å². The molecule has 0 amide bonds. The van der Waals surface area contributed by atoms with Gasteiger partial charge in [-0.05, 0) is 17.7 Å². The first-order valence-corrected chi connectivity index (χ1v) is 5.69. The number of nitrogens with zero attached hydrogens (tertiary/aromatic N) is 1. The van der Waals surface area contributed by atoms with Gasteiger partial charge >= 0.3 is 0 Å². The molecule has 17 heavy (non-hydrogen) atoms. The van der Waals surface area contributed by atoms with Gasteiger partial charge in [0.1, 0.15) is 0 Å². The van der Waals surface area contributed by atoms with Crippen molar-refractivity contribution in [2.45, 2.75) is 6.92 Å². The number of benzene rings is 2. The molecule has 3 nitrogen and oxygen atoms in total. The van der Waals surface area contributed by atoms with Gasteiger partial charge in [0.25, 0.3) is 0 Å². The summed E-state index contributed by atoms with van der Waals surface area (Å²) in [7, 11) is 0. The molecule has 2 aromatic rings. The Kier molecular flexibility index (Phi) is 3.30. The van der Waals surface area contributed by atoms with Gasteiger partial charge in [0.05, 0.1) is 5.70 Å². The van der Waals surface area contributed by atoms with E-state index in [9.17, 15) is 0 Å². The Morgan fingerprint density at radius 3 is 2.65 bits per heavy atom. The lowest BCUT2D eigenvalue weighted by atomic mass is 10.0. The minimum Gasteiger partial charge on any atom is -0.397 e. The summed E-state index contributed by atoms with van der Waals surface area (Å²) in [6.07, 6.45) is 1.77. The predicted octanol–water partition coefficient (Wildman–Crippen LogP) is 2.29. The van der Waals surface area contributed by atoms with Gasteiger partial charge in [0.2, 0.25) is 0 Å². The van der Waals surface area contributed by atoms with Crippen molar-refractivity contribution in [3.8, 4) is 0 Å². The van der Waals surface area contributed by atoms with Gasteiger partial charge in [0.15, 0.2) is 0 Å². The normalized spacial score (nSPS) is 11.8. The van der Waals surface area contributed by atoms with E-state index in [1.165, 1.54) is 5.39 Å².